The summed E-state index contributed by atoms with van der Waals surface area (Å²) in [5.41, 5.74) is -42.8. The van der Waals surface area contributed by atoms with Gasteiger partial charge in [-0.05, 0) is 0 Å². The van der Waals surface area contributed by atoms with Gasteiger partial charge in [0.15, 0.2) is 0 Å². The fourth-order valence-corrected chi connectivity index (χ4v) is 7.03. The van der Waals surface area contributed by atoms with E-state index in [1.165, 1.54) is 0 Å². The van der Waals surface area contributed by atoms with Crippen molar-refractivity contribution in [2.45, 2.75) is 4.83 Å². The third-order valence-corrected chi connectivity index (χ3v) is 11.5. The normalized spacial score (nSPS) is 10.9. The third kappa shape index (κ3) is 10.9. The quantitative estimate of drug-likeness (QED) is 0.0307. The number of esters is 5. The molecule has 0 aliphatic heterocycles. The second-order valence-electron chi connectivity index (χ2n) is 13.4. The zero-order valence-corrected chi connectivity index (χ0v) is 38.3. The molecule has 0 heterocycles. The Morgan fingerprint density at radius 1 is 0.267 bits per heavy atom. The fraction of sp³-hybridized carbons (Fsp3) is 0.0769. The summed E-state index contributed by atoms with van der Waals surface area (Å²) < 4.78 is 13.5. The molecule has 75 heavy (non-hydrogen) atoms. The van der Waals surface area contributed by atoms with E-state index in [0.29, 0.717) is 0 Å². The lowest BCUT2D eigenvalue weighted by Gasteiger charge is -2.21. The first kappa shape index (κ1) is 58.8. The monoisotopic (exact) mass is 1190 g/mol. The standard InChI is InChI=1S/C39H18Br2O34/c40-1-3(41)2-73-35(68)19-15(33(64)65)10(28(54)55)16(34(66)67)20(38(71)74-36(69)17-11(29(56)57)6(24(46)47)4(22(42)43)7(25(48)49)12(17)30(58)59)21(19)39(72)75-37(70)18-13(31(60)61)8(26(50)51)5(23(44)45)9(27(52)53)14(18)32(62)63/h3H,1-2H2,(H,42,43)(H,44,45)(H,46,47)(H,48,49)(H,50,51)(H,52,53)(H,54,55)(H,56,57)(H,58,59)(H,60,61)(H,62,63)(H,64,65)(H,66,67). The zero-order chi connectivity index (χ0) is 57.9. The summed E-state index contributed by atoms with van der Waals surface area (Å²) in [5, 5.41) is 129. The Hall–Kier alpha value is -10.5. The maximum atomic E-state index is 14.4. The predicted octanol–water partition coefficient (Wildman–Crippen LogP) is 1.07. The van der Waals surface area contributed by atoms with Gasteiger partial charge in [0.2, 0.25) is 0 Å². The van der Waals surface area contributed by atoms with Gasteiger partial charge in [0.05, 0.1) is 105 Å². The third-order valence-electron chi connectivity index (χ3n) is 9.23. The van der Waals surface area contributed by atoms with Gasteiger partial charge in [0.25, 0.3) is 0 Å². The first-order chi connectivity index (χ1) is 34.5. The molecule has 3 aromatic carbocycles. The van der Waals surface area contributed by atoms with Gasteiger partial charge in [0, 0.05) is 5.33 Å². The highest BCUT2D eigenvalue weighted by atomic mass is 79.9. The van der Waals surface area contributed by atoms with Crippen molar-refractivity contribution in [3.8, 4) is 0 Å². The molecule has 0 radical (unpaired) electrons. The number of hydrogen-bond donors (Lipinski definition) is 13. The van der Waals surface area contributed by atoms with Gasteiger partial charge < -0.3 is 80.6 Å². The number of halogens is 2. The van der Waals surface area contributed by atoms with E-state index in [1.807, 2.05) is 0 Å². The molecule has 1 atom stereocenters. The van der Waals surface area contributed by atoms with Crippen LogP contribution in [-0.4, -0.2) is 191 Å². The van der Waals surface area contributed by atoms with Crippen LogP contribution in [0.25, 0.3) is 0 Å². The second kappa shape index (κ2) is 22.3. The number of carbonyl (C=O) groups excluding carboxylic acids is 5. The molecule has 0 saturated carbocycles. The van der Waals surface area contributed by atoms with Crippen molar-refractivity contribution < 1.29 is 167 Å². The van der Waals surface area contributed by atoms with Gasteiger partial charge in [0.1, 0.15) is 6.61 Å². The molecular weight excluding hydrogens is 1170 g/mol. The molecule has 0 bridgehead atoms. The number of benzene rings is 3. The van der Waals surface area contributed by atoms with Crippen LogP contribution < -0.4 is 0 Å². The van der Waals surface area contributed by atoms with Crippen molar-refractivity contribution >= 4 is 139 Å². The van der Waals surface area contributed by atoms with Crippen molar-refractivity contribution in [3.05, 3.63) is 100 Å². The van der Waals surface area contributed by atoms with Gasteiger partial charge in [-0.3, -0.25) is 0 Å². The number of aromatic carboxylic acids is 13. The topological polar surface area (TPSA) is 598 Å². The molecular formula is C39H18Br2O34. The van der Waals surface area contributed by atoms with Crippen LogP contribution in [0.15, 0.2) is 0 Å². The molecule has 3 rings (SSSR count). The summed E-state index contributed by atoms with van der Waals surface area (Å²) in [6, 6.07) is 0. The van der Waals surface area contributed by atoms with E-state index >= 15 is 0 Å². The lowest BCUT2D eigenvalue weighted by Crippen LogP contribution is -2.33. The van der Waals surface area contributed by atoms with E-state index in [9.17, 15) is 153 Å². The van der Waals surface area contributed by atoms with Crippen LogP contribution in [0.4, 0.5) is 0 Å². The summed E-state index contributed by atoms with van der Waals surface area (Å²) in [6.07, 6.45) is 0. The molecule has 0 spiro atoms. The van der Waals surface area contributed by atoms with Crippen molar-refractivity contribution in [3.63, 3.8) is 0 Å². The molecule has 0 amide bonds. The number of carbonyl (C=O) groups is 18. The smallest absolute Gasteiger partial charge is 0.347 e. The summed E-state index contributed by atoms with van der Waals surface area (Å²) in [5.74, 6) is -51.7. The molecule has 0 saturated heterocycles. The number of ether oxygens (including phenoxy) is 3. The van der Waals surface area contributed by atoms with E-state index in [1.54, 1.807) is 0 Å². The average molecular weight is 1190 g/mol. The Morgan fingerprint density at radius 2 is 0.400 bits per heavy atom. The highest BCUT2D eigenvalue weighted by Crippen LogP contribution is 2.36. The highest BCUT2D eigenvalue weighted by Gasteiger charge is 2.47. The zero-order valence-electron chi connectivity index (χ0n) is 35.1. The molecule has 392 valence electrons. The Kier molecular flexibility index (Phi) is 17.5. The molecule has 13 N–H and O–H groups in total. The molecule has 0 fully saturated rings. The lowest BCUT2D eigenvalue weighted by molar-refractivity contribution is 0.0342. The van der Waals surface area contributed by atoms with E-state index in [2.05, 4.69) is 41.3 Å². The molecule has 36 heteroatoms. The number of alkyl halides is 2. The number of carboxylic acids is 13. The predicted molar refractivity (Wildman–Crippen MR) is 226 cm³/mol. The van der Waals surface area contributed by atoms with Crippen LogP contribution >= 0.6 is 31.9 Å². The SMILES string of the molecule is O=C(O)c1c(C(=O)O)c(C(=O)O)c(C(=O)OC(=O)c2c(C(=O)O)c(C(=O)O)c(C(=O)O)c(C(=O)OCC(Br)CBr)c2C(=O)OC(=O)c2c(C(=O)O)c(C(=O)O)c(C(=O)O)c(C(=O)O)c2C(=O)O)c(C(=O)O)c1C(=O)O. The van der Waals surface area contributed by atoms with E-state index in [-0.39, 0.29) is 5.33 Å². The van der Waals surface area contributed by atoms with Crippen molar-refractivity contribution in [1.29, 1.82) is 0 Å². The van der Waals surface area contributed by atoms with Crippen LogP contribution in [0.1, 0.15) is 186 Å². The molecule has 3 aromatic rings. The average Bonchev–Trinajstić information content (AvgIpc) is 3.28. The van der Waals surface area contributed by atoms with Crippen LogP contribution in [-0.2, 0) is 14.2 Å². The molecule has 0 aliphatic rings. The summed E-state index contributed by atoms with van der Waals surface area (Å²) in [7, 11) is 0. The maximum Gasteiger partial charge on any atom is 0.347 e. The number of carboxylic acid groups (broad SMARTS) is 13. The highest BCUT2D eigenvalue weighted by molar-refractivity contribution is 9.12. The van der Waals surface area contributed by atoms with Crippen molar-refractivity contribution in [2.24, 2.45) is 0 Å². The van der Waals surface area contributed by atoms with Crippen LogP contribution in [0.5, 0.6) is 0 Å². The maximum absolute atomic E-state index is 14.4. The first-order valence-electron chi connectivity index (χ1n) is 18.2. The lowest BCUT2D eigenvalue weighted by atomic mass is 9.85. The van der Waals surface area contributed by atoms with Gasteiger partial charge in [-0.15, -0.1) is 0 Å². The van der Waals surface area contributed by atoms with Crippen LogP contribution in [0.3, 0.4) is 0 Å². The second-order valence-corrected chi connectivity index (χ2v) is 15.4. The Morgan fingerprint density at radius 3 is 0.560 bits per heavy atom. The van der Waals surface area contributed by atoms with Gasteiger partial charge in [-0.2, -0.15) is 0 Å². The van der Waals surface area contributed by atoms with Gasteiger partial charge >= 0.3 is 107 Å². The van der Waals surface area contributed by atoms with Gasteiger partial charge in [-0.25, -0.2) is 86.3 Å². The fourth-order valence-electron chi connectivity index (χ4n) is 6.71. The molecule has 34 nitrogen and oxygen atoms in total. The minimum Gasteiger partial charge on any atom is -0.478 e. The van der Waals surface area contributed by atoms with E-state index in [0.717, 1.165) is 0 Å². The van der Waals surface area contributed by atoms with Crippen molar-refractivity contribution in [2.75, 3.05) is 11.9 Å². The molecule has 0 aromatic heterocycles. The number of rotatable bonds is 21. The van der Waals surface area contributed by atoms with E-state index < -0.39 is 219 Å². The van der Waals surface area contributed by atoms with E-state index in [4.69, 9.17) is 4.74 Å². The molecule has 1 unspecified atom stereocenters. The minimum absolute atomic E-state index is 0.236. The van der Waals surface area contributed by atoms with Gasteiger partial charge in [-0.1, -0.05) is 31.9 Å². The van der Waals surface area contributed by atoms with Crippen LogP contribution in [0, 0.1) is 0 Å². The van der Waals surface area contributed by atoms with Crippen LogP contribution in [0.2, 0.25) is 0 Å². The Bertz CT molecular complexity index is 3210. The summed E-state index contributed by atoms with van der Waals surface area (Å²) in [4.78, 5) is 232. The largest absolute Gasteiger partial charge is 0.478 e. The van der Waals surface area contributed by atoms with Crippen molar-refractivity contribution in [1.82, 2.24) is 0 Å². The first-order valence-corrected chi connectivity index (χ1v) is 20.2. The minimum atomic E-state index is -3.16. The Balaban J connectivity index is 2.84. The number of hydrogen-bond acceptors (Lipinski definition) is 21. The Labute approximate surface area is 422 Å². The molecule has 0 aliphatic carbocycles. The summed E-state index contributed by atoms with van der Waals surface area (Å²) in [6.45, 7) is -1.08. The summed E-state index contributed by atoms with van der Waals surface area (Å²) >= 11 is 5.75.